The van der Waals surface area contributed by atoms with Gasteiger partial charge in [-0.15, -0.1) is 0 Å². The lowest BCUT2D eigenvalue weighted by atomic mass is 10.0. The summed E-state index contributed by atoms with van der Waals surface area (Å²) in [6.07, 6.45) is 1.71. The Morgan fingerprint density at radius 3 is 2.50 bits per heavy atom. The first-order valence-electron chi connectivity index (χ1n) is 5.07. The van der Waals surface area contributed by atoms with E-state index in [0.29, 0.717) is 0 Å². The van der Waals surface area contributed by atoms with Crippen LogP contribution in [0.2, 0.25) is 0 Å². The van der Waals surface area contributed by atoms with Gasteiger partial charge in [0, 0.05) is 5.39 Å². The standard InChI is InChI=1S/C14H9BrO/c15-13-12(10-4-2-1-3-5-10)7-6-11-8-9-16-14(11)13/h1-9H. The average Bonchev–Trinajstić information content (AvgIpc) is 2.80. The normalized spacial score (nSPS) is 10.8. The Hall–Kier alpha value is -1.54. The molecule has 0 fully saturated rings. The Labute approximate surface area is 102 Å². The molecule has 0 unspecified atom stereocenters. The van der Waals surface area contributed by atoms with E-state index in [4.69, 9.17) is 4.42 Å². The molecule has 3 rings (SSSR count). The SMILES string of the molecule is Brc1c(-c2ccccc2)ccc2ccoc12. The van der Waals surface area contributed by atoms with Crippen LogP contribution < -0.4 is 0 Å². The summed E-state index contributed by atoms with van der Waals surface area (Å²) in [5, 5.41) is 1.12. The number of furan rings is 1. The fourth-order valence-electron chi connectivity index (χ4n) is 1.84. The molecule has 0 N–H and O–H groups in total. The van der Waals surface area contributed by atoms with Crippen molar-refractivity contribution < 1.29 is 4.42 Å². The summed E-state index contributed by atoms with van der Waals surface area (Å²) in [6.45, 7) is 0. The Balaban J connectivity index is 2.28. The van der Waals surface area contributed by atoms with Crippen LogP contribution in [0.4, 0.5) is 0 Å². The zero-order valence-corrected chi connectivity index (χ0v) is 10.1. The van der Waals surface area contributed by atoms with Crippen LogP contribution in [0.25, 0.3) is 22.1 Å². The molecule has 16 heavy (non-hydrogen) atoms. The van der Waals surface area contributed by atoms with Crippen molar-refractivity contribution in [3.63, 3.8) is 0 Å². The fraction of sp³-hybridized carbons (Fsp3) is 0. The predicted molar refractivity (Wildman–Crippen MR) is 69.4 cm³/mol. The molecule has 0 bridgehead atoms. The number of halogens is 1. The van der Waals surface area contributed by atoms with Crippen LogP contribution in [0.1, 0.15) is 0 Å². The Morgan fingerprint density at radius 1 is 0.875 bits per heavy atom. The molecule has 0 atom stereocenters. The molecule has 0 amide bonds. The topological polar surface area (TPSA) is 13.1 Å². The average molecular weight is 273 g/mol. The maximum Gasteiger partial charge on any atom is 0.148 e. The second kappa shape index (κ2) is 3.80. The molecular weight excluding hydrogens is 264 g/mol. The Kier molecular flexibility index (Phi) is 2.29. The van der Waals surface area contributed by atoms with Gasteiger partial charge in [-0.2, -0.15) is 0 Å². The summed E-state index contributed by atoms with van der Waals surface area (Å²) < 4.78 is 6.48. The highest BCUT2D eigenvalue weighted by Gasteiger charge is 2.08. The maximum atomic E-state index is 5.46. The van der Waals surface area contributed by atoms with E-state index in [1.54, 1.807) is 6.26 Å². The lowest BCUT2D eigenvalue weighted by Gasteiger charge is -2.04. The second-order valence-electron chi connectivity index (χ2n) is 3.63. The minimum Gasteiger partial charge on any atom is -0.463 e. The number of fused-ring (bicyclic) bond motifs is 1. The van der Waals surface area contributed by atoms with Crippen molar-refractivity contribution in [2.45, 2.75) is 0 Å². The molecule has 0 aliphatic rings. The quantitative estimate of drug-likeness (QED) is 0.617. The Bertz CT molecular complexity index is 626. The van der Waals surface area contributed by atoms with E-state index in [1.165, 1.54) is 5.56 Å². The van der Waals surface area contributed by atoms with Crippen molar-refractivity contribution in [2.24, 2.45) is 0 Å². The molecule has 2 heteroatoms. The van der Waals surface area contributed by atoms with E-state index in [0.717, 1.165) is 21.0 Å². The smallest absolute Gasteiger partial charge is 0.148 e. The van der Waals surface area contributed by atoms with Crippen molar-refractivity contribution in [1.29, 1.82) is 0 Å². The third-order valence-corrected chi connectivity index (χ3v) is 3.43. The van der Waals surface area contributed by atoms with Crippen LogP contribution >= 0.6 is 15.9 Å². The third-order valence-electron chi connectivity index (χ3n) is 2.65. The monoisotopic (exact) mass is 272 g/mol. The first-order chi connectivity index (χ1) is 7.86. The van der Waals surface area contributed by atoms with Gasteiger partial charge in [-0.1, -0.05) is 42.5 Å². The van der Waals surface area contributed by atoms with E-state index in [-0.39, 0.29) is 0 Å². The minimum atomic E-state index is 0.904. The van der Waals surface area contributed by atoms with Crippen LogP contribution in [-0.4, -0.2) is 0 Å². The number of benzene rings is 2. The van der Waals surface area contributed by atoms with E-state index in [2.05, 4.69) is 40.2 Å². The molecule has 0 spiro atoms. The first-order valence-corrected chi connectivity index (χ1v) is 5.87. The van der Waals surface area contributed by atoms with Crippen LogP contribution in [-0.2, 0) is 0 Å². The molecule has 2 aromatic carbocycles. The van der Waals surface area contributed by atoms with E-state index < -0.39 is 0 Å². The van der Waals surface area contributed by atoms with E-state index in [1.807, 2.05) is 24.3 Å². The van der Waals surface area contributed by atoms with Gasteiger partial charge in [-0.05, 0) is 33.1 Å². The van der Waals surface area contributed by atoms with Gasteiger partial charge >= 0.3 is 0 Å². The summed E-state index contributed by atoms with van der Waals surface area (Å²) in [5.74, 6) is 0. The van der Waals surface area contributed by atoms with Gasteiger partial charge in [0.2, 0.25) is 0 Å². The summed E-state index contributed by atoms with van der Waals surface area (Å²) in [6, 6.07) is 16.4. The molecule has 78 valence electrons. The second-order valence-corrected chi connectivity index (χ2v) is 4.43. The number of rotatable bonds is 1. The summed E-state index contributed by atoms with van der Waals surface area (Å²) in [7, 11) is 0. The van der Waals surface area contributed by atoms with Gasteiger partial charge in [-0.25, -0.2) is 0 Å². The van der Waals surface area contributed by atoms with Gasteiger partial charge < -0.3 is 4.42 Å². The van der Waals surface area contributed by atoms with Crippen molar-refractivity contribution >= 4 is 26.9 Å². The first kappa shape index (κ1) is 9.67. The van der Waals surface area contributed by atoms with Crippen molar-refractivity contribution in [3.05, 3.63) is 59.3 Å². The van der Waals surface area contributed by atoms with Crippen LogP contribution in [0, 0.1) is 0 Å². The summed E-state index contributed by atoms with van der Waals surface area (Å²) >= 11 is 3.60. The summed E-state index contributed by atoms with van der Waals surface area (Å²) in [4.78, 5) is 0. The predicted octanol–water partition coefficient (Wildman–Crippen LogP) is 4.86. The lowest BCUT2D eigenvalue weighted by Crippen LogP contribution is -1.79. The van der Waals surface area contributed by atoms with Gasteiger partial charge in [0.1, 0.15) is 5.58 Å². The molecule has 0 saturated carbocycles. The van der Waals surface area contributed by atoms with Crippen molar-refractivity contribution in [3.8, 4) is 11.1 Å². The van der Waals surface area contributed by atoms with Crippen molar-refractivity contribution in [2.75, 3.05) is 0 Å². The molecular formula is C14H9BrO. The highest BCUT2D eigenvalue weighted by molar-refractivity contribution is 9.10. The highest BCUT2D eigenvalue weighted by atomic mass is 79.9. The largest absolute Gasteiger partial charge is 0.463 e. The zero-order valence-electron chi connectivity index (χ0n) is 8.48. The molecule has 0 aliphatic carbocycles. The van der Waals surface area contributed by atoms with Gasteiger partial charge in [0.15, 0.2) is 0 Å². The van der Waals surface area contributed by atoms with Crippen LogP contribution in [0.15, 0.2) is 63.7 Å². The Morgan fingerprint density at radius 2 is 1.69 bits per heavy atom. The highest BCUT2D eigenvalue weighted by Crippen LogP contribution is 2.34. The fourth-order valence-corrected chi connectivity index (χ4v) is 2.52. The molecule has 0 saturated heterocycles. The van der Waals surface area contributed by atoms with Crippen molar-refractivity contribution in [1.82, 2.24) is 0 Å². The number of hydrogen-bond donors (Lipinski definition) is 0. The molecule has 0 aliphatic heterocycles. The van der Waals surface area contributed by atoms with Gasteiger partial charge in [0.25, 0.3) is 0 Å². The molecule has 0 radical (unpaired) electrons. The molecule has 1 nitrogen and oxygen atoms in total. The van der Waals surface area contributed by atoms with Gasteiger partial charge in [0.05, 0.1) is 10.7 Å². The lowest BCUT2D eigenvalue weighted by molar-refractivity contribution is 0.614. The minimum absolute atomic E-state index is 0.904. The molecule has 1 aromatic heterocycles. The van der Waals surface area contributed by atoms with E-state index >= 15 is 0 Å². The van der Waals surface area contributed by atoms with Crippen LogP contribution in [0.3, 0.4) is 0 Å². The van der Waals surface area contributed by atoms with Gasteiger partial charge in [-0.3, -0.25) is 0 Å². The number of hydrogen-bond acceptors (Lipinski definition) is 1. The van der Waals surface area contributed by atoms with Crippen LogP contribution in [0.5, 0.6) is 0 Å². The maximum absolute atomic E-state index is 5.46. The zero-order chi connectivity index (χ0) is 11.0. The van der Waals surface area contributed by atoms with E-state index in [9.17, 15) is 0 Å². The summed E-state index contributed by atoms with van der Waals surface area (Å²) in [5.41, 5.74) is 3.25. The molecule has 3 aromatic rings. The third kappa shape index (κ3) is 1.46. The molecule has 1 heterocycles.